The number of rotatable bonds is 5. The van der Waals surface area contributed by atoms with Crippen LogP contribution in [0.1, 0.15) is 37.5 Å². The summed E-state index contributed by atoms with van der Waals surface area (Å²) >= 11 is 0. The molecule has 0 saturated heterocycles. The molecule has 4 aromatic heterocycles. The van der Waals surface area contributed by atoms with Gasteiger partial charge in [-0.1, -0.05) is 172 Å². The van der Waals surface area contributed by atoms with Gasteiger partial charge in [0.05, 0.1) is 61.2 Å². The molecule has 14 aromatic rings. The average molecular weight is 921 g/mol. The molecule has 14 rings (SSSR count). The van der Waals surface area contributed by atoms with Crippen molar-refractivity contribution in [2.75, 3.05) is 0 Å². The zero-order valence-electron chi connectivity index (χ0n) is 39.9. The summed E-state index contributed by atoms with van der Waals surface area (Å²) in [6, 6.07) is 80.5. The Balaban J connectivity index is 1.26. The van der Waals surface area contributed by atoms with Gasteiger partial charge in [0.1, 0.15) is 23.3 Å². The number of hydrogen-bond donors (Lipinski definition) is 0. The number of nitriles is 2. The van der Waals surface area contributed by atoms with E-state index in [4.69, 9.17) is 0 Å². The van der Waals surface area contributed by atoms with Crippen molar-refractivity contribution < 1.29 is 0 Å². The number of nitrogens with zero attached hydrogens (tertiary/aromatic N) is 6. The molecule has 0 spiro atoms. The van der Waals surface area contributed by atoms with Gasteiger partial charge in [0, 0.05) is 54.3 Å². The predicted molar refractivity (Wildman–Crippen MR) is 297 cm³/mol. The standard InChI is InChI=1S/C66H44N6/c1-66(2,3)42-35-33-41(34-36-42)62-64(70-55-28-14-7-21-44(55)45-22-8-15-29-56(45)70)52(39-67)63(53(40-68)65(62)71-57-30-16-9-23-46(57)47-24-10-17-31-58(47)71)72-59-32-18-12-26-49(59)51-37-50-48-25-11-13-27-54(48)69(60(50)38-61(51)72)43-19-5-4-6-20-43/h4-38H,1-3H3. The molecular weight excluding hydrogens is 877 g/mol. The molecule has 0 aliphatic heterocycles. The third-order valence-electron chi connectivity index (χ3n) is 15.0. The molecule has 0 N–H and O–H groups in total. The number of fused-ring (bicyclic) bond motifs is 12. The maximum atomic E-state index is 12.4. The molecule has 0 radical (unpaired) electrons. The van der Waals surface area contributed by atoms with Crippen LogP contribution in [0.5, 0.6) is 0 Å². The SMILES string of the molecule is CC(C)(C)c1ccc(-c2c(-n3c4ccccc4c4ccccc43)c(C#N)c(-n3c4ccccc4c4cc5c6ccccc6n(-c6ccccc6)c5cc43)c(C#N)c2-n2c3ccccc3c3ccccc32)cc1. The Kier molecular flexibility index (Phi) is 8.87. The van der Waals surface area contributed by atoms with E-state index in [9.17, 15) is 10.5 Å². The molecule has 0 unspecified atom stereocenters. The predicted octanol–water partition coefficient (Wildman–Crippen LogP) is 16.8. The van der Waals surface area contributed by atoms with Crippen LogP contribution in [0.2, 0.25) is 0 Å². The Morgan fingerprint density at radius 3 is 1.04 bits per heavy atom. The van der Waals surface area contributed by atoms with Crippen LogP contribution in [0, 0.1) is 22.7 Å². The van der Waals surface area contributed by atoms with Crippen LogP contribution in [-0.4, -0.2) is 18.3 Å². The smallest absolute Gasteiger partial charge is 0.104 e. The summed E-state index contributed by atoms with van der Waals surface area (Å²) < 4.78 is 9.13. The fourth-order valence-electron chi connectivity index (χ4n) is 11.9. The fraction of sp³-hybridized carbons (Fsp3) is 0.0606. The monoisotopic (exact) mass is 920 g/mol. The Labute approximate surface area is 415 Å². The van der Waals surface area contributed by atoms with Crippen molar-refractivity contribution >= 4 is 87.2 Å². The first kappa shape index (κ1) is 41.4. The van der Waals surface area contributed by atoms with Crippen molar-refractivity contribution in [1.82, 2.24) is 18.3 Å². The van der Waals surface area contributed by atoms with E-state index in [0.29, 0.717) is 28.2 Å². The minimum absolute atomic E-state index is 0.114. The molecule has 72 heavy (non-hydrogen) atoms. The van der Waals surface area contributed by atoms with E-state index in [2.05, 4.69) is 257 Å². The topological polar surface area (TPSA) is 67.3 Å². The van der Waals surface area contributed by atoms with E-state index >= 15 is 0 Å². The lowest BCUT2D eigenvalue weighted by molar-refractivity contribution is 0.590. The first-order valence-corrected chi connectivity index (χ1v) is 24.5. The molecule has 0 fully saturated rings. The highest BCUT2D eigenvalue weighted by Gasteiger charge is 2.33. The molecule has 0 saturated carbocycles. The number of hydrogen-bond acceptors (Lipinski definition) is 2. The van der Waals surface area contributed by atoms with Gasteiger partial charge < -0.3 is 18.3 Å². The molecular formula is C66H44N6. The highest BCUT2D eigenvalue weighted by molar-refractivity contribution is 6.20. The van der Waals surface area contributed by atoms with E-state index in [1.54, 1.807) is 0 Å². The van der Waals surface area contributed by atoms with Crippen molar-refractivity contribution in [3.05, 3.63) is 229 Å². The van der Waals surface area contributed by atoms with Crippen molar-refractivity contribution in [2.45, 2.75) is 26.2 Å². The molecule has 4 heterocycles. The van der Waals surface area contributed by atoms with Gasteiger partial charge in [0.2, 0.25) is 0 Å². The summed E-state index contributed by atoms with van der Waals surface area (Å²) in [6.07, 6.45) is 0. The first-order valence-electron chi connectivity index (χ1n) is 24.5. The maximum absolute atomic E-state index is 12.4. The van der Waals surface area contributed by atoms with Gasteiger partial charge in [0.15, 0.2) is 0 Å². The Bertz CT molecular complexity index is 4410. The highest BCUT2D eigenvalue weighted by atomic mass is 15.1. The summed E-state index contributed by atoms with van der Waals surface area (Å²) in [6.45, 7) is 6.68. The molecule has 10 aromatic carbocycles. The fourth-order valence-corrected chi connectivity index (χ4v) is 11.9. The second kappa shape index (κ2) is 15.4. The van der Waals surface area contributed by atoms with Crippen LogP contribution >= 0.6 is 0 Å². The second-order valence-electron chi connectivity index (χ2n) is 19.9. The van der Waals surface area contributed by atoms with Gasteiger partial charge >= 0.3 is 0 Å². The van der Waals surface area contributed by atoms with Crippen molar-refractivity contribution in [1.29, 1.82) is 10.5 Å². The van der Waals surface area contributed by atoms with Crippen LogP contribution in [0.25, 0.3) is 121 Å². The number of benzene rings is 10. The van der Waals surface area contributed by atoms with Gasteiger partial charge in [-0.25, -0.2) is 0 Å². The molecule has 6 nitrogen and oxygen atoms in total. The number of aromatic nitrogens is 4. The van der Waals surface area contributed by atoms with Crippen LogP contribution in [0.15, 0.2) is 212 Å². The minimum Gasteiger partial charge on any atom is -0.309 e. The zero-order valence-corrected chi connectivity index (χ0v) is 39.9. The van der Waals surface area contributed by atoms with E-state index < -0.39 is 0 Å². The molecule has 0 bridgehead atoms. The van der Waals surface area contributed by atoms with Crippen LogP contribution in [0.3, 0.4) is 0 Å². The van der Waals surface area contributed by atoms with Crippen LogP contribution in [-0.2, 0) is 5.41 Å². The summed E-state index contributed by atoms with van der Waals surface area (Å²) in [4.78, 5) is 0. The van der Waals surface area contributed by atoms with Crippen LogP contribution < -0.4 is 0 Å². The van der Waals surface area contributed by atoms with Crippen molar-refractivity contribution in [2.24, 2.45) is 0 Å². The summed E-state index contributed by atoms with van der Waals surface area (Å²) in [5.74, 6) is 0. The van der Waals surface area contributed by atoms with E-state index in [-0.39, 0.29) is 5.41 Å². The normalized spacial score (nSPS) is 12.1. The van der Waals surface area contributed by atoms with E-state index in [0.717, 1.165) is 104 Å². The van der Waals surface area contributed by atoms with E-state index in [1.807, 2.05) is 6.07 Å². The average Bonchev–Trinajstić information content (AvgIpc) is 4.14. The number of para-hydroxylation sites is 7. The highest BCUT2D eigenvalue weighted by Crippen LogP contribution is 2.50. The Morgan fingerprint density at radius 1 is 0.319 bits per heavy atom. The molecule has 0 atom stereocenters. The van der Waals surface area contributed by atoms with Crippen molar-refractivity contribution in [3.63, 3.8) is 0 Å². The van der Waals surface area contributed by atoms with Gasteiger partial charge in [-0.15, -0.1) is 0 Å². The first-order chi connectivity index (χ1) is 35.3. The molecule has 0 amide bonds. The molecule has 0 aliphatic rings. The lowest BCUT2D eigenvalue weighted by atomic mass is 9.85. The lowest BCUT2D eigenvalue weighted by Crippen LogP contribution is -2.14. The third kappa shape index (κ3) is 5.75. The maximum Gasteiger partial charge on any atom is 0.104 e. The van der Waals surface area contributed by atoms with Gasteiger partial charge in [-0.2, -0.15) is 10.5 Å². The second-order valence-corrected chi connectivity index (χ2v) is 19.9. The Morgan fingerprint density at radius 2 is 0.653 bits per heavy atom. The summed E-state index contributed by atoms with van der Waals surface area (Å²) in [5, 5.41) is 33.3. The zero-order chi connectivity index (χ0) is 48.4. The quantitative estimate of drug-likeness (QED) is 0.173. The molecule has 0 aliphatic carbocycles. The van der Waals surface area contributed by atoms with Gasteiger partial charge in [-0.3, -0.25) is 0 Å². The summed E-state index contributed by atoms with van der Waals surface area (Å²) in [5.41, 5.74) is 14.3. The van der Waals surface area contributed by atoms with Crippen molar-refractivity contribution in [3.8, 4) is 46.0 Å². The Hall–Kier alpha value is -9.62. The summed E-state index contributed by atoms with van der Waals surface area (Å²) in [7, 11) is 0. The largest absolute Gasteiger partial charge is 0.309 e. The molecule has 338 valence electrons. The van der Waals surface area contributed by atoms with Gasteiger partial charge in [0.25, 0.3) is 0 Å². The van der Waals surface area contributed by atoms with Gasteiger partial charge in [-0.05, 0) is 77.2 Å². The van der Waals surface area contributed by atoms with E-state index in [1.165, 1.54) is 5.56 Å². The van der Waals surface area contributed by atoms with Crippen LogP contribution in [0.4, 0.5) is 0 Å². The lowest BCUT2D eigenvalue weighted by Gasteiger charge is -2.26. The molecule has 6 heteroatoms. The minimum atomic E-state index is -0.114. The third-order valence-corrected chi connectivity index (χ3v) is 15.0.